The van der Waals surface area contributed by atoms with E-state index in [0.29, 0.717) is 11.5 Å². The van der Waals surface area contributed by atoms with Gasteiger partial charge in [-0.1, -0.05) is 30.3 Å². The SMILES string of the molecule is CCn1nc(N)c(N)c1-c1ccccc1. The van der Waals surface area contributed by atoms with E-state index in [1.54, 1.807) is 0 Å². The topological polar surface area (TPSA) is 69.9 Å². The second-order valence-electron chi connectivity index (χ2n) is 3.33. The number of anilines is 2. The molecule has 15 heavy (non-hydrogen) atoms. The molecule has 0 aliphatic heterocycles. The van der Waals surface area contributed by atoms with Crippen molar-refractivity contribution in [3.63, 3.8) is 0 Å². The Kier molecular flexibility index (Phi) is 2.33. The molecule has 4 nitrogen and oxygen atoms in total. The maximum Gasteiger partial charge on any atom is 0.169 e. The van der Waals surface area contributed by atoms with Crippen LogP contribution in [0.2, 0.25) is 0 Å². The molecule has 0 fully saturated rings. The van der Waals surface area contributed by atoms with Gasteiger partial charge in [-0.15, -0.1) is 0 Å². The van der Waals surface area contributed by atoms with Crippen molar-refractivity contribution in [2.45, 2.75) is 13.5 Å². The van der Waals surface area contributed by atoms with Crippen LogP contribution in [0.25, 0.3) is 11.3 Å². The van der Waals surface area contributed by atoms with Crippen LogP contribution < -0.4 is 11.5 Å². The fraction of sp³-hybridized carbons (Fsp3) is 0.182. The van der Waals surface area contributed by atoms with E-state index in [1.807, 2.05) is 41.9 Å². The quantitative estimate of drug-likeness (QED) is 0.779. The van der Waals surface area contributed by atoms with E-state index in [1.165, 1.54) is 0 Å². The predicted molar refractivity (Wildman–Crippen MR) is 62.2 cm³/mol. The van der Waals surface area contributed by atoms with Gasteiger partial charge in [0.05, 0.1) is 5.69 Å². The van der Waals surface area contributed by atoms with Gasteiger partial charge < -0.3 is 11.5 Å². The van der Waals surface area contributed by atoms with Gasteiger partial charge in [-0.25, -0.2) is 0 Å². The summed E-state index contributed by atoms with van der Waals surface area (Å²) in [5.74, 6) is 0.399. The molecule has 0 aliphatic rings. The number of nitrogens with two attached hydrogens (primary N) is 2. The molecule has 4 N–H and O–H groups in total. The number of nitrogen functional groups attached to an aromatic ring is 2. The molecule has 2 rings (SSSR count). The summed E-state index contributed by atoms with van der Waals surface area (Å²) in [7, 11) is 0. The lowest BCUT2D eigenvalue weighted by molar-refractivity contribution is 0.670. The zero-order valence-electron chi connectivity index (χ0n) is 8.64. The van der Waals surface area contributed by atoms with Crippen LogP contribution in [0, 0.1) is 0 Å². The van der Waals surface area contributed by atoms with Crippen LogP contribution in [-0.4, -0.2) is 9.78 Å². The molecule has 0 spiro atoms. The first-order valence-corrected chi connectivity index (χ1v) is 4.91. The molecule has 0 bridgehead atoms. The van der Waals surface area contributed by atoms with Crippen LogP contribution in [0.15, 0.2) is 30.3 Å². The minimum Gasteiger partial charge on any atom is -0.394 e. The Balaban J connectivity index is 2.61. The number of hydrogen-bond acceptors (Lipinski definition) is 3. The van der Waals surface area contributed by atoms with Gasteiger partial charge in [-0.3, -0.25) is 4.68 Å². The van der Waals surface area contributed by atoms with Gasteiger partial charge in [0.1, 0.15) is 5.69 Å². The second-order valence-corrected chi connectivity index (χ2v) is 3.33. The van der Waals surface area contributed by atoms with E-state index in [9.17, 15) is 0 Å². The van der Waals surface area contributed by atoms with Crippen LogP contribution in [0.5, 0.6) is 0 Å². The number of aryl methyl sites for hydroxylation is 1. The van der Waals surface area contributed by atoms with E-state index in [-0.39, 0.29) is 0 Å². The number of hydrogen-bond donors (Lipinski definition) is 2. The molecule has 0 radical (unpaired) electrons. The molecule has 0 saturated carbocycles. The van der Waals surface area contributed by atoms with Gasteiger partial charge in [-0.2, -0.15) is 5.10 Å². The van der Waals surface area contributed by atoms with Crippen molar-refractivity contribution >= 4 is 11.5 Å². The molecule has 1 heterocycles. The summed E-state index contributed by atoms with van der Waals surface area (Å²) in [6, 6.07) is 9.91. The van der Waals surface area contributed by atoms with E-state index in [4.69, 9.17) is 11.5 Å². The van der Waals surface area contributed by atoms with E-state index in [2.05, 4.69) is 5.10 Å². The molecule has 2 aromatic rings. The summed E-state index contributed by atoms with van der Waals surface area (Å²) in [4.78, 5) is 0. The van der Waals surface area contributed by atoms with Crippen molar-refractivity contribution in [2.75, 3.05) is 11.5 Å². The number of rotatable bonds is 2. The first kappa shape index (κ1) is 9.58. The van der Waals surface area contributed by atoms with Gasteiger partial charge in [0.25, 0.3) is 0 Å². The van der Waals surface area contributed by atoms with Gasteiger partial charge in [0.15, 0.2) is 5.82 Å². The number of benzene rings is 1. The fourth-order valence-corrected chi connectivity index (χ4v) is 1.62. The fourth-order valence-electron chi connectivity index (χ4n) is 1.62. The van der Waals surface area contributed by atoms with Crippen molar-refractivity contribution in [3.05, 3.63) is 30.3 Å². The second kappa shape index (κ2) is 3.65. The zero-order valence-corrected chi connectivity index (χ0v) is 8.64. The molecule has 1 aromatic carbocycles. The molecule has 0 saturated heterocycles. The van der Waals surface area contributed by atoms with Crippen LogP contribution in [0.3, 0.4) is 0 Å². The first-order chi connectivity index (χ1) is 7.24. The standard InChI is InChI=1S/C11H14N4/c1-2-15-10(9(12)11(13)14-15)8-6-4-3-5-7-8/h3-7H,2,12H2,1H3,(H2,13,14). The molecule has 0 atom stereocenters. The van der Waals surface area contributed by atoms with Crippen molar-refractivity contribution in [2.24, 2.45) is 0 Å². The van der Waals surface area contributed by atoms with Crippen molar-refractivity contribution < 1.29 is 0 Å². The van der Waals surface area contributed by atoms with E-state index in [0.717, 1.165) is 17.8 Å². The van der Waals surface area contributed by atoms with E-state index >= 15 is 0 Å². The molecule has 78 valence electrons. The lowest BCUT2D eigenvalue weighted by atomic mass is 10.1. The zero-order chi connectivity index (χ0) is 10.8. The van der Waals surface area contributed by atoms with E-state index < -0.39 is 0 Å². The summed E-state index contributed by atoms with van der Waals surface area (Å²) < 4.78 is 1.82. The lowest BCUT2D eigenvalue weighted by Crippen LogP contribution is -2.00. The molecular weight excluding hydrogens is 188 g/mol. The summed E-state index contributed by atoms with van der Waals surface area (Å²) >= 11 is 0. The Hall–Kier alpha value is -1.97. The highest BCUT2D eigenvalue weighted by Crippen LogP contribution is 2.29. The van der Waals surface area contributed by atoms with Crippen molar-refractivity contribution in [1.29, 1.82) is 0 Å². The van der Waals surface area contributed by atoms with Crippen LogP contribution in [-0.2, 0) is 6.54 Å². The lowest BCUT2D eigenvalue weighted by Gasteiger charge is -2.04. The van der Waals surface area contributed by atoms with Crippen LogP contribution in [0.4, 0.5) is 11.5 Å². The summed E-state index contributed by atoms with van der Waals surface area (Å²) in [6.07, 6.45) is 0. The van der Waals surface area contributed by atoms with Crippen LogP contribution in [0.1, 0.15) is 6.92 Å². The molecule has 1 aromatic heterocycles. The molecule has 0 aliphatic carbocycles. The third kappa shape index (κ3) is 1.54. The number of aromatic nitrogens is 2. The smallest absolute Gasteiger partial charge is 0.169 e. The minimum atomic E-state index is 0.399. The average molecular weight is 202 g/mol. The maximum absolute atomic E-state index is 5.90. The summed E-state index contributed by atoms with van der Waals surface area (Å²) in [5.41, 5.74) is 14.1. The Morgan fingerprint density at radius 3 is 2.47 bits per heavy atom. The summed E-state index contributed by atoms with van der Waals surface area (Å²) in [6.45, 7) is 2.77. The Morgan fingerprint density at radius 2 is 1.87 bits per heavy atom. The highest BCUT2D eigenvalue weighted by molar-refractivity contribution is 5.80. The van der Waals surface area contributed by atoms with Gasteiger partial charge in [0, 0.05) is 12.1 Å². The largest absolute Gasteiger partial charge is 0.394 e. The Labute approximate surface area is 88.5 Å². The average Bonchev–Trinajstić information content (AvgIpc) is 2.56. The first-order valence-electron chi connectivity index (χ1n) is 4.91. The van der Waals surface area contributed by atoms with Crippen molar-refractivity contribution in [1.82, 2.24) is 9.78 Å². The number of nitrogens with zero attached hydrogens (tertiary/aromatic N) is 2. The predicted octanol–water partition coefficient (Wildman–Crippen LogP) is 1.73. The van der Waals surface area contributed by atoms with Gasteiger partial charge in [0.2, 0.25) is 0 Å². The molecular formula is C11H14N4. The normalized spacial score (nSPS) is 10.5. The van der Waals surface area contributed by atoms with Crippen LogP contribution >= 0.6 is 0 Å². The van der Waals surface area contributed by atoms with Gasteiger partial charge >= 0.3 is 0 Å². The van der Waals surface area contributed by atoms with Gasteiger partial charge in [-0.05, 0) is 6.92 Å². The highest BCUT2D eigenvalue weighted by Gasteiger charge is 2.13. The Morgan fingerprint density at radius 1 is 1.20 bits per heavy atom. The third-order valence-corrected chi connectivity index (χ3v) is 2.36. The summed E-state index contributed by atoms with van der Waals surface area (Å²) in [5, 5.41) is 4.17. The Bertz CT molecular complexity index is 459. The molecule has 0 unspecified atom stereocenters. The molecule has 4 heteroatoms. The monoisotopic (exact) mass is 202 g/mol. The molecule has 0 amide bonds. The maximum atomic E-state index is 5.90. The third-order valence-electron chi connectivity index (χ3n) is 2.36. The van der Waals surface area contributed by atoms with Crippen molar-refractivity contribution in [3.8, 4) is 11.3 Å². The minimum absolute atomic E-state index is 0.399. The highest BCUT2D eigenvalue weighted by atomic mass is 15.3.